The maximum atomic E-state index is 12.8. The first kappa shape index (κ1) is 18.3. The van der Waals surface area contributed by atoms with Gasteiger partial charge in [-0.05, 0) is 17.0 Å². The van der Waals surface area contributed by atoms with Gasteiger partial charge in [0.05, 0.1) is 4.88 Å². The van der Waals surface area contributed by atoms with Crippen LogP contribution in [0.4, 0.5) is 5.82 Å². The minimum absolute atomic E-state index is 0.201. The molecule has 0 bridgehead atoms. The quantitative estimate of drug-likeness (QED) is 0.578. The second kappa shape index (κ2) is 8.28. The molecule has 3 N–H and O–H groups in total. The molecule has 27 heavy (non-hydrogen) atoms. The van der Waals surface area contributed by atoms with E-state index >= 15 is 0 Å². The van der Waals surface area contributed by atoms with Crippen LogP contribution in [0.2, 0.25) is 0 Å². The number of aliphatic carboxylic acids is 1. The van der Waals surface area contributed by atoms with Crippen molar-refractivity contribution in [2.75, 3.05) is 5.32 Å². The topological polar surface area (TPSA) is 113 Å². The van der Waals surface area contributed by atoms with E-state index in [0.717, 1.165) is 0 Å². The fraction of sp³-hybridized carbons (Fsp3) is 0.111. The van der Waals surface area contributed by atoms with Crippen LogP contribution in [0.3, 0.4) is 0 Å². The van der Waals surface area contributed by atoms with Crippen LogP contribution < -0.4 is 10.6 Å². The first-order valence-corrected chi connectivity index (χ1v) is 8.86. The van der Waals surface area contributed by atoms with Gasteiger partial charge < -0.3 is 15.7 Å². The minimum atomic E-state index is -1.04. The molecule has 0 radical (unpaired) electrons. The molecule has 0 aliphatic carbocycles. The van der Waals surface area contributed by atoms with Gasteiger partial charge in [-0.3, -0.25) is 19.1 Å². The molecule has 2 aromatic heterocycles. The Morgan fingerprint density at radius 1 is 1.11 bits per heavy atom. The summed E-state index contributed by atoms with van der Waals surface area (Å²) in [6, 6.07) is 12.8. The number of thiophene rings is 1. The molecule has 0 fully saturated rings. The third-order valence-electron chi connectivity index (χ3n) is 3.60. The molecule has 3 aromatic rings. The maximum absolute atomic E-state index is 12.8. The van der Waals surface area contributed by atoms with Gasteiger partial charge in [-0.2, -0.15) is 5.10 Å². The molecule has 1 atom stereocenters. The molecule has 1 unspecified atom stereocenters. The lowest BCUT2D eigenvalue weighted by atomic mass is 10.1. The van der Waals surface area contributed by atoms with E-state index in [1.54, 1.807) is 41.8 Å². The van der Waals surface area contributed by atoms with E-state index < -0.39 is 17.9 Å². The molecule has 2 amide bonds. The lowest BCUT2D eigenvalue weighted by Gasteiger charge is -2.18. The SMILES string of the molecule is O=C(O)Cn1ccc(NC(=O)C(NC(=O)c2cccs2)c2ccccc2)n1. The van der Waals surface area contributed by atoms with Gasteiger partial charge in [0.25, 0.3) is 11.8 Å². The van der Waals surface area contributed by atoms with Gasteiger partial charge in [0.1, 0.15) is 12.6 Å². The first-order valence-electron chi connectivity index (χ1n) is 7.98. The van der Waals surface area contributed by atoms with Gasteiger partial charge in [-0.25, -0.2) is 0 Å². The van der Waals surface area contributed by atoms with Gasteiger partial charge in [-0.1, -0.05) is 36.4 Å². The lowest BCUT2D eigenvalue weighted by molar-refractivity contribution is -0.137. The molecule has 3 rings (SSSR count). The zero-order valence-electron chi connectivity index (χ0n) is 14.0. The number of rotatable bonds is 7. The van der Waals surface area contributed by atoms with E-state index in [-0.39, 0.29) is 18.3 Å². The standard InChI is InChI=1S/C18H16N4O4S/c23-15(24)11-22-9-8-14(21-22)19-18(26)16(12-5-2-1-3-6-12)20-17(25)13-7-4-10-27-13/h1-10,16H,11H2,(H,20,25)(H,23,24)(H,19,21,26). The van der Waals surface area contributed by atoms with Crippen molar-refractivity contribution in [3.8, 4) is 0 Å². The minimum Gasteiger partial charge on any atom is -0.480 e. The number of hydrogen-bond acceptors (Lipinski definition) is 5. The maximum Gasteiger partial charge on any atom is 0.325 e. The Morgan fingerprint density at radius 3 is 2.56 bits per heavy atom. The monoisotopic (exact) mass is 384 g/mol. The molecule has 2 heterocycles. The molecule has 138 valence electrons. The molecule has 0 saturated heterocycles. The van der Waals surface area contributed by atoms with Gasteiger partial charge in [0.2, 0.25) is 0 Å². The van der Waals surface area contributed by atoms with Crippen molar-refractivity contribution in [1.82, 2.24) is 15.1 Å². The number of aromatic nitrogens is 2. The number of nitrogens with zero attached hydrogens (tertiary/aromatic N) is 2. The second-order valence-electron chi connectivity index (χ2n) is 5.58. The molecule has 0 spiro atoms. The molecular formula is C18H16N4O4S. The number of carboxylic acids is 1. The predicted molar refractivity (Wildman–Crippen MR) is 99.5 cm³/mol. The van der Waals surface area contributed by atoms with E-state index in [1.165, 1.54) is 28.3 Å². The number of carbonyl (C=O) groups excluding carboxylic acids is 2. The molecule has 1 aromatic carbocycles. The van der Waals surface area contributed by atoms with Crippen molar-refractivity contribution in [3.63, 3.8) is 0 Å². The first-order chi connectivity index (χ1) is 13.0. The average Bonchev–Trinajstić information content (AvgIpc) is 3.32. The number of benzene rings is 1. The van der Waals surface area contributed by atoms with Crippen molar-refractivity contribution in [2.24, 2.45) is 0 Å². The van der Waals surface area contributed by atoms with E-state index in [1.807, 2.05) is 6.07 Å². The summed E-state index contributed by atoms with van der Waals surface area (Å²) in [5, 5.41) is 19.9. The van der Waals surface area contributed by atoms with Gasteiger partial charge in [0, 0.05) is 12.3 Å². The summed E-state index contributed by atoms with van der Waals surface area (Å²) in [6.07, 6.45) is 1.45. The zero-order valence-corrected chi connectivity index (χ0v) is 14.8. The van der Waals surface area contributed by atoms with Crippen molar-refractivity contribution in [3.05, 3.63) is 70.5 Å². The fourth-order valence-electron chi connectivity index (χ4n) is 2.41. The third-order valence-corrected chi connectivity index (χ3v) is 4.47. The molecule has 0 aliphatic rings. The van der Waals surface area contributed by atoms with Gasteiger partial charge in [0.15, 0.2) is 5.82 Å². The van der Waals surface area contributed by atoms with Crippen LogP contribution in [0, 0.1) is 0 Å². The number of nitrogens with one attached hydrogen (secondary N) is 2. The molecule has 0 saturated carbocycles. The molecular weight excluding hydrogens is 368 g/mol. The van der Waals surface area contributed by atoms with Gasteiger partial charge in [-0.15, -0.1) is 11.3 Å². The zero-order chi connectivity index (χ0) is 19.2. The summed E-state index contributed by atoms with van der Waals surface area (Å²) in [5.74, 6) is -1.68. The highest BCUT2D eigenvalue weighted by atomic mass is 32.1. The molecule has 9 heteroatoms. The largest absolute Gasteiger partial charge is 0.480 e. The van der Waals surface area contributed by atoms with Crippen LogP contribution in [0.25, 0.3) is 0 Å². The van der Waals surface area contributed by atoms with Gasteiger partial charge >= 0.3 is 5.97 Å². The Kier molecular flexibility index (Phi) is 5.62. The summed E-state index contributed by atoms with van der Waals surface area (Å²) in [4.78, 5) is 36.4. The highest BCUT2D eigenvalue weighted by molar-refractivity contribution is 7.12. The van der Waals surface area contributed by atoms with Crippen molar-refractivity contribution < 1.29 is 19.5 Å². The average molecular weight is 384 g/mol. The highest BCUT2D eigenvalue weighted by Crippen LogP contribution is 2.17. The third kappa shape index (κ3) is 4.79. The summed E-state index contributed by atoms with van der Waals surface area (Å²) in [5.41, 5.74) is 0.616. The van der Waals surface area contributed by atoms with Crippen molar-refractivity contribution >= 4 is 34.9 Å². The number of hydrogen-bond donors (Lipinski definition) is 3. The summed E-state index contributed by atoms with van der Waals surface area (Å²) >= 11 is 1.28. The van der Waals surface area contributed by atoms with E-state index in [4.69, 9.17) is 5.11 Å². The van der Waals surface area contributed by atoms with Crippen LogP contribution in [0.5, 0.6) is 0 Å². The fourth-order valence-corrected chi connectivity index (χ4v) is 3.04. The Balaban J connectivity index is 1.77. The van der Waals surface area contributed by atoms with E-state index in [0.29, 0.717) is 10.4 Å². The van der Waals surface area contributed by atoms with Crippen LogP contribution in [0.15, 0.2) is 60.1 Å². The summed E-state index contributed by atoms with van der Waals surface area (Å²) in [7, 11) is 0. The summed E-state index contributed by atoms with van der Waals surface area (Å²) < 4.78 is 1.19. The number of carbonyl (C=O) groups is 3. The molecule has 0 aliphatic heterocycles. The normalized spacial score (nSPS) is 11.6. The number of amides is 2. The molecule has 8 nitrogen and oxygen atoms in total. The van der Waals surface area contributed by atoms with Crippen LogP contribution in [-0.2, 0) is 16.1 Å². The number of anilines is 1. The number of carboxylic acid groups (broad SMARTS) is 1. The Labute approximate surface area is 158 Å². The highest BCUT2D eigenvalue weighted by Gasteiger charge is 2.24. The predicted octanol–water partition coefficient (Wildman–Crippen LogP) is 2.14. The smallest absolute Gasteiger partial charge is 0.325 e. The van der Waals surface area contributed by atoms with Crippen LogP contribution >= 0.6 is 11.3 Å². The van der Waals surface area contributed by atoms with Crippen LogP contribution in [0.1, 0.15) is 21.3 Å². The van der Waals surface area contributed by atoms with Crippen molar-refractivity contribution in [2.45, 2.75) is 12.6 Å². The van der Waals surface area contributed by atoms with E-state index in [2.05, 4.69) is 15.7 Å². The second-order valence-corrected chi connectivity index (χ2v) is 6.52. The summed E-state index contributed by atoms with van der Waals surface area (Å²) in [6.45, 7) is -0.312. The Morgan fingerprint density at radius 2 is 1.89 bits per heavy atom. The Bertz CT molecular complexity index is 937. The van der Waals surface area contributed by atoms with Crippen LogP contribution in [-0.4, -0.2) is 32.7 Å². The Hall–Kier alpha value is -3.46. The van der Waals surface area contributed by atoms with Crippen molar-refractivity contribution in [1.29, 1.82) is 0 Å². The van der Waals surface area contributed by atoms with E-state index in [9.17, 15) is 14.4 Å². The lowest BCUT2D eigenvalue weighted by Crippen LogP contribution is -2.36.